The fourth-order valence-electron chi connectivity index (χ4n) is 2.49. The number of aromatic nitrogens is 4. The van der Waals surface area contributed by atoms with Crippen LogP contribution in [0.1, 0.15) is 18.1 Å². The topological polar surface area (TPSA) is 67.9 Å². The van der Waals surface area contributed by atoms with E-state index in [-0.39, 0.29) is 24.6 Å². The molecule has 0 radical (unpaired) electrons. The van der Waals surface area contributed by atoms with Crippen molar-refractivity contribution in [3.63, 3.8) is 0 Å². The summed E-state index contributed by atoms with van der Waals surface area (Å²) in [6, 6.07) is 0. The van der Waals surface area contributed by atoms with Gasteiger partial charge in [0.05, 0.1) is 12.4 Å². The van der Waals surface area contributed by atoms with Crippen LogP contribution in [0.15, 0.2) is 16.9 Å². The van der Waals surface area contributed by atoms with Gasteiger partial charge in [-0.05, 0) is 13.3 Å². The Labute approximate surface area is 122 Å². The van der Waals surface area contributed by atoms with Crippen LogP contribution in [0, 0.1) is 12.9 Å². The second kappa shape index (κ2) is 4.89. The van der Waals surface area contributed by atoms with Crippen LogP contribution >= 0.6 is 0 Å². The highest BCUT2D eigenvalue weighted by Crippen LogP contribution is 2.47. The van der Waals surface area contributed by atoms with Crippen LogP contribution in [0.4, 0.5) is 23.4 Å². The van der Waals surface area contributed by atoms with E-state index in [2.05, 4.69) is 20.1 Å². The lowest BCUT2D eigenvalue weighted by Crippen LogP contribution is -2.45. The van der Waals surface area contributed by atoms with E-state index in [0.29, 0.717) is 0 Å². The molecule has 118 valence electrons. The van der Waals surface area contributed by atoms with E-state index in [1.807, 2.05) is 0 Å². The Morgan fingerprint density at radius 3 is 2.59 bits per heavy atom. The van der Waals surface area contributed by atoms with Gasteiger partial charge in [-0.2, -0.15) is 22.5 Å². The predicted molar refractivity (Wildman–Crippen MR) is 65.6 cm³/mol. The Balaban J connectivity index is 1.95. The van der Waals surface area contributed by atoms with Crippen molar-refractivity contribution >= 4 is 5.82 Å². The molecule has 1 atom stereocenters. The number of nitrogens with zero attached hydrogens (tertiary/aromatic N) is 5. The minimum absolute atomic E-state index is 0.0707. The molecule has 0 bridgehead atoms. The number of alkyl halides is 3. The zero-order chi connectivity index (χ0) is 16.0. The number of hydrogen-bond acceptors (Lipinski definition) is 6. The number of halogens is 4. The SMILES string of the molecule is Cc1noc(C2(C(F)(F)F)CCN(c3cnc(F)cn3)C2)n1. The van der Waals surface area contributed by atoms with Crippen molar-refractivity contribution in [1.29, 1.82) is 0 Å². The van der Waals surface area contributed by atoms with Crippen molar-refractivity contribution in [2.45, 2.75) is 24.9 Å². The molecule has 1 unspecified atom stereocenters. The van der Waals surface area contributed by atoms with Gasteiger partial charge in [0, 0.05) is 13.1 Å². The summed E-state index contributed by atoms with van der Waals surface area (Å²) in [5.74, 6) is -0.949. The normalized spacial score (nSPS) is 22.3. The first-order chi connectivity index (χ1) is 10.3. The molecule has 3 rings (SSSR count). The average Bonchev–Trinajstić information content (AvgIpc) is 3.06. The molecule has 1 fully saturated rings. The van der Waals surface area contributed by atoms with Gasteiger partial charge in [0.15, 0.2) is 11.2 Å². The molecule has 3 heterocycles. The molecule has 10 heteroatoms. The summed E-state index contributed by atoms with van der Waals surface area (Å²) in [6.07, 6.45) is -2.86. The van der Waals surface area contributed by atoms with Crippen LogP contribution in [0.2, 0.25) is 0 Å². The van der Waals surface area contributed by atoms with Gasteiger partial charge in [-0.3, -0.25) is 0 Å². The van der Waals surface area contributed by atoms with Gasteiger partial charge >= 0.3 is 6.18 Å². The fraction of sp³-hybridized carbons (Fsp3) is 0.500. The quantitative estimate of drug-likeness (QED) is 0.789. The minimum Gasteiger partial charge on any atom is -0.354 e. The van der Waals surface area contributed by atoms with Crippen LogP contribution in [0.3, 0.4) is 0 Å². The second-order valence-electron chi connectivity index (χ2n) is 5.10. The lowest BCUT2D eigenvalue weighted by atomic mass is 9.86. The molecule has 1 aliphatic heterocycles. The predicted octanol–water partition coefficient (Wildman–Crippen LogP) is 2.02. The molecular formula is C12H11F4N5O. The van der Waals surface area contributed by atoms with Crippen LogP contribution in [0.25, 0.3) is 0 Å². The number of hydrogen-bond donors (Lipinski definition) is 0. The molecule has 0 N–H and O–H groups in total. The van der Waals surface area contributed by atoms with E-state index in [4.69, 9.17) is 4.52 Å². The number of aryl methyl sites for hydroxylation is 1. The standard InChI is InChI=1S/C12H11F4N5O/c1-7-19-10(22-20-7)11(12(14,15)16)2-3-21(6-11)9-5-17-8(13)4-18-9/h4-5H,2-3,6H2,1H3. The Morgan fingerprint density at radius 1 is 1.27 bits per heavy atom. The Morgan fingerprint density at radius 2 is 2.05 bits per heavy atom. The van der Waals surface area contributed by atoms with E-state index in [9.17, 15) is 17.6 Å². The Kier molecular flexibility index (Phi) is 3.26. The van der Waals surface area contributed by atoms with Gasteiger partial charge in [-0.25, -0.2) is 9.97 Å². The number of anilines is 1. The highest BCUT2D eigenvalue weighted by Gasteiger charge is 2.63. The molecule has 22 heavy (non-hydrogen) atoms. The maximum atomic E-state index is 13.6. The minimum atomic E-state index is -4.56. The van der Waals surface area contributed by atoms with E-state index in [1.54, 1.807) is 0 Å². The highest BCUT2D eigenvalue weighted by molar-refractivity contribution is 5.40. The van der Waals surface area contributed by atoms with Gasteiger partial charge in [0.1, 0.15) is 5.82 Å². The summed E-state index contributed by atoms with van der Waals surface area (Å²) in [7, 11) is 0. The first-order valence-electron chi connectivity index (χ1n) is 6.42. The zero-order valence-corrected chi connectivity index (χ0v) is 11.4. The van der Waals surface area contributed by atoms with Gasteiger partial charge in [-0.15, -0.1) is 0 Å². The summed E-state index contributed by atoms with van der Waals surface area (Å²) in [5.41, 5.74) is -2.26. The molecule has 6 nitrogen and oxygen atoms in total. The van der Waals surface area contributed by atoms with Crippen molar-refractivity contribution in [3.8, 4) is 0 Å². The van der Waals surface area contributed by atoms with Gasteiger partial charge in [0.2, 0.25) is 11.8 Å². The fourth-order valence-corrected chi connectivity index (χ4v) is 2.49. The summed E-state index contributed by atoms with van der Waals surface area (Å²) < 4.78 is 58.4. The zero-order valence-electron chi connectivity index (χ0n) is 11.4. The van der Waals surface area contributed by atoms with Crippen molar-refractivity contribution in [2.75, 3.05) is 18.0 Å². The van der Waals surface area contributed by atoms with Crippen LogP contribution < -0.4 is 4.90 Å². The summed E-state index contributed by atoms with van der Waals surface area (Å²) in [5, 5.41) is 3.45. The lowest BCUT2D eigenvalue weighted by molar-refractivity contribution is -0.191. The van der Waals surface area contributed by atoms with Crippen LogP contribution in [-0.4, -0.2) is 39.4 Å². The molecule has 0 amide bonds. The molecule has 2 aromatic rings. The third-order valence-electron chi connectivity index (χ3n) is 3.68. The molecule has 0 aliphatic carbocycles. The third kappa shape index (κ3) is 2.28. The van der Waals surface area contributed by atoms with E-state index >= 15 is 0 Å². The van der Waals surface area contributed by atoms with Crippen molar-refractivity contribution in [3.05, 3.63) is 30.1 Å². The van der Waals surface area contributed by atoms with Gasteiger partial charge < -0.3 is 9.42 Å². The van der Waals surface area contributed by atoms with E-state index < -0.39 is 30.0 Å². The van der Waals surface area contributed by atoms with Gasteiger partial charge in [0.25, 0.3) is 0 Å². The molecule has 0 saturated carbocycles. The van der Waals surface area contributed by atoms with Gasteiger partial charge in [-0.1, -0.05) is 5.16 Å². The molecule has 1 saturated heterocycles. The van der Waals surface area contributed by atoms with E-state index in [1.165, 1.54) is 11.8 Å². The average molecular weight is 317 g/mol. The van der Waals surface area contributed by atoms with Crippen molar-refractivity contribution in [1.82, 2.24) is 20.1 Å². The van der Waals surface area contributed by atoms with Crippen LogP contribution in [0.5, 0.6) is 0 Å². The largest absolute Gasteiger partial charge is 0.405 e. The van der Waals surface area contributed by atoms with Crippen molar-refractivity contribution < 1.29 is 22.1 Å². The Bertz CT molecular complexity index is 671. The number of rotatable bonds is 2. The van der Waals surface area contributed by atoms with Crippen LogP contribution in [-0.2, 0) is 5.41 Å². The second-order valence-corrected chi connectivity index (χ2v) is 5.10. The van der Waals surface area contributed by atoms with E-state index in [0.717, 1.165) is 12.4 Å². The first kappa shape index (κ1) is 14.7. The monoisotopic (exact) mass is 317 g/mol. The Hall–Kier alpha value is -2.26. The first-order valence-corrected chi connectivity index (χ1v) is 6.42. The molecule has 0 aromatic carbocycles. The molecular weight excluding hydrogens is 306 g/mol. The maximum absolute atomic E-state index is 13.6. The molecule has 2 aromatic heterocycles. The molecule has 0 spiro atoms. The van der Waals surface area contributed by atoms with Crippen molar-refractivity contribution in [2.24, 2.45) is 0 Å². The summed E-state index contributed by atoms with van der Waals surface area (Å²) in [6.45, 7) is 1.09. The third-order valence-corrected chi connectivity index (χ3v) is 3.68. The highest BCUT2D eigenvalue weighted by atomic mass is 19.4. The molecule has 1 aliphatic rings. The smallest absolute Gasteiger partial charge is 0.354 e. The summed E-state index contributed by atoms with van der Waals surface area (Å²) in [4.78, 5) is 12.3. The lowest BCUT2D eigenvalue weighted by Gasteiger charge is -2.28. The summed E-state index contributed by atoms with van der Waals surface area (Å²) >= 11 is 0. The maximum Gasteiger partial charge on any atom is 0.405 e.